The predicted octanol–water partition coefficient (Wildman–Crippen LogP) is 3.01. The van der Waals surface area contributed by atoms with E-state index in [4.69, 9.17) is 10.5 Å². The van der Waals surface area contributed by atoms with Gasteiger partial charge in [0.2, 0.25) is 5.91 Å². The molecule has 1 aliphatic heterocycles. The number of anilines is 2. The van der Waals surface area contributed by atoms with Crippen LogP contribution < -0.4 is 16.0 Å². The fraction of sp³-hybridized carbons (Fsp3) is 0.316. The molecule has 1 heterocycles. The van der Waals surface area contributed by atoms with Crippen molar-refractivity contribution in [3.05, 3.63) is 59.9 Å². The van der Waals surface area contributed by atoms with Crippen LogP contribution in [0.25, 0.3) is 0 Å². The van der Waals surface area contributed by atoms with Gasteiger partial charge in [0.15, 0.2) is 0 Å². The van der Waals surface area contributed by atoms with Crippen molar-refractivity contribution in [3.8, 4) is 0 Å². The summed E-state index contributed by atoms with van der Waals surface area (Å²) >= 11 is 0. The van der Waals surface area contributed by atoms with E-state index in [0.717, 1.165) is 11.3 Å². The zero-order valence-corrected chi connectivity index (χ0v) is 16.4. The van der Waals surface area contributed by atoms with Crippen LogP contribution in [-0.4, -0.2) is 38.3 Å². The molecular formula is C19H24Cl2FN3O2. The molecule has 3 N–H and O–H groups in total. The molecule has 1 amide bonds. The number of hydrogen-bond acceptors (Lipinski definition) is 4. The molecule has 1 unspecified atom stereocenters. The number of ether oxygens (including phenoxy) is 1. The minimum Gasteiger partial charge on any atom is -0.378 e. The van der Waals surface area contributed by atoms with E-state index in [1.807, 2.05) is 35.2 Å². The van der Waals surface area contributed by atoms with Crippen LogP contribution in [0, 0.1) is 5.82 Å². The molecule has 1 aliphatic rings. The highest BCUT2D eigenvalue weighted by molar-refractivity contribution is 5.95. The Balaban J connectivity index is 0.00000182. The van der Waals surface area contributed by atoms with Gasteiger partial charge in [-0.1, -0.05) is 30.3 Å². The van der Waals surface area contributed by atoms with Gasteiger partial charge in [0.05, 0.1) is 19.3 Å². The SMILES string of the molecule is Cl.Cl.NC(Cc1ccccc1)C(=O)Nc1cc(F)cc(N2CCOCC2)c1. The van der Waals surface area contributed by atoms with Gasteiger partial charge in [0, 0.05) is 24.5 Å². The van der Waals surface area contributed by atoms with Gasteiger partial charge in [0.25, 0.3) is 0 Å². The van der Waals surface area contributed by atoms with E-state index >= 15 is 0 Å². The average Bonchev–Trinajstić information content (AvgIpc) is 2.63. The van der Waals surface area contributed by atoms with E-state index in [2.05, 4.69) is 5.32 Å². The van der Waals surface area contributed by atoms with Gasteiger partial charge in [-0.25, -0.2) is 4.39 Å². The number of nitrogens with one attached hydrogen (secondary N) is 1. The summed E-state index contributed by atoms with van der Waals surface area (Å²) < 4.78 is 19.3. The normalized spacial score (nSPS) is 14.5. The van der Waals surface area contributed by atoms with Crippen LogP contribution in [0.4, 0.5) is 15.8 Å². The summed E-state index contributed by atoms with van der Waals surface area (Å²) in [5.74, 6) is -0.724. The van der Waals surface area contributed by atoms with Gasteiger partial charge in [-0.3, -0.25) is 4.79 Å². The topological polar surface area (TPSA) is 67.6 Å². The molecule has 1 saturated heterocycles. The van der Waals surface area contributed by atoms with E-state index in [1.165, 1.54) is 12.1 Å². The minimum atomic E-state index is -0.697. The van der Waals surface area contributed by atoms with Gasteiger partial charge in [-0.05, 0) is 30.2 Å². The summed E-state index contributed by atoms with van der Waals surface area (Å²) in [7, 11) is 0. The lowest BCUT2D eigenvalue weighted by atomic mass is 10.1. The zero-order valence-electron chi connectivity index (χ0n) is 14.8. The second-order valence-electron chi connectivity index (χ2n) is 6.08. The highest BCUT2D eigenvalue weighted by Crippen LogP contribution is 2.23. The molecule has 8 heteroatoms. The van der Waals surface area contributed by atoms with E-state index < -0.39 is 11.9 Å². The van der Waals surface area contributed by atoms with Crippen molar-refractivity contribution >= 4 is 42.1 Å². The summed E-state index contributed by atoms with van der Waals surface area (Å²) in [6.45, 7) is 2.62. The van der Waals surface area contributed by atoms with E-state index in [1.54, 1.807) is 6.07 Å². The molecular weight excluding hydrogens is 392 g/mol. The number of nitrogens with zero attached hydrogens (tertiary/aromatic N) is 1. The largest absolute Gasteiger partial charge is 0.378 e. The van der Waals surface area contributed by atoms with Crippen LogP contribution in [0.2, 0.25) is 0 Å². The quantitative estimate of drug-likeness (QED) is 0.787. The molecule has 1 fully saturated rings. The summed E-state index contributed by atoms with van der Waals surface area (Å²) in [4.78, 5) is 14.4. The molecule has 2 aromatic rings. The second kappa shape index (κ2) is 11.1. The fourth-order valence-electron chi connectivity index (χ4n) is 2.85. The lowest BCUT2D eigenvalue weighted by Gasteiger charge is -2.29. The second-order valence-corrected chi connectivity index (χ2v) is 6.08. The smallest absolute Gasteiger partial charge is 0.241 e. The molecule has 0 aliphatic carbocycles. The van der Waals surface area contributed by atoms with Crippen molar-refractivity contribution in [3.63, 3.8) is 0 Å². The van der Waals surface area contributed by atoms with Gasteiger partial charge >= 0.3 is 0 Å². The molecule has 0 aromatic heterocycles. The van der Waals surface area contributed by atoms with Crippen LogP contribution >= 0.6 is 24.8 Å². The van der Waals surface area contributed by atoms with E-state index in [-0.39, 0.29) is 30.7 Å². The number of rotatable bonds is 5. The van der Waals surface area contributed by atoms with Crippen molar-refractivity contribution in [2.75, 3.05) is 36.5 Å². The minimum absolute atomic E-state index is 0. The molecule has 148 valence electrons. The van der Waals surface area contributed by atoms with Crippen molar-refractivity contribution in [1.29, 1.82) is 0 Å². The first kappa shape index (κ1) is 23.2. The van der Waals surface area contributed by atoms with Crippen molar-refractivity contribution in [2.24, 2.45) is 5.73 Å². The highest BCUT2D eigenvalue weighted by atomic mass is 35.5. The third kappa shape index (κ3) is 6.66. The Hall–Kier alpha value is -1.86. The summed E-state index contributed by atoms with van der Waals surface area (Å²) in [6.07, 6.45) is 0.429. The molecule has 27 heavy (non-hydrogen) atoms. The maximum absolute atomic E-state index is 13.9. The molecule has 0 saturated carbocycles. The standard InChI is InChI=1S/C19H22FN3O2.2ClH/c20-15-11-16(13-17(12-15)23-6-8-25-9-7-23)22-19(24)18(21)10-14-4-2-1-3-5-14;;/h1-5,11-13,18H,6-10,21H2,(H,22,24);2*1H. The highest BCUT2D eigenvalue weighted by Gasteiger charge is 2.17. The Morgan fingerprint density at radius 2 is 1.81 bits per heavy atom. The first-order valence-corrected chi connectivity index (χ1v) is 8.35. The molecule has 0 bridgehead atoms. The van der Waals surface area contributed by atoms with E-state index in [0.29, 0.717) is 38.4 Å². The molecule has 5 nitrogen and oxygen atoms in total. The van der Waals surface area contributed by atoms with Crippen molar-refractivity contribution in [1.82, 2.24) is 0 Å². The number of benzene rings is 2. The molecule has 1 atom stereocenters. The van der Waals surface area contributed by atoms with E-state index in [9.17, 15) is 9.18 Å². The molecule has 0 spiro atoms. The molecule has 2 aromatic carbocycles. The number of amides is 1. The van der Waals surface area contributed by atoms with Crippen LogP contribution in [0.3, 0.4) is 0 Å². The third-order valence-corrected chi connectivity index (χ3v) is 4.16. The number of hydrogen-bond donors (Lipinski definition) is 2. The Bertz CT molecular complexity index is 728. The lowest BCUT2D eigenvalue weighted by molar-refractivity contribution is -0.117. The lowest BCUT2D eigenvalue weighted by Crippen LogP contribution is -2.38. The number of carbonyl (C=O) groups excluding carboxylic acids is 1. The van der Waals surface area contributed by atoms with Gasteiger partial charge in [0.1, 0.15) is 5.82 Å². The van der Waals surface area contributed by atoms with Crippen molar-refractivity contribution in [2.45, 2.75) is 12.5 Å². The first-order chi connectivity index (χ1) is 12.1. The zero-order chi connectivity index (χ0) is 17.6. The van der Waals surface area contributed by atoms with Gasteiger partial charge in [-0.15, -0.1) is 24.8 Å². The Morgan fingerprint density at radius 3 is 2.48 bits per heavy atom. The molecule has 3 rings (SSSR count). The van der Waals surface area contributed by atoms with Crippen LogP contribution in [0.1, 0.15) is 5.56 Å². The number of nitrogens with two attached hydrogens (primary N) is 1. The maximum atomic E-state index is 13.9. The Morgan fingerprint density at radius 1 is 1.15 bits per heavy atom. The summed E-state index contributed by atoms with van der Waals surface area (Å²) in [6, 6.07) is 13.4. The van der Waals surface area contributed by atoms with Gasteiger partial charge < -0.3 is 20.7 Å². The van der Waals surface area contributed by atoms with Crippen LogP contribution in [0.15, 0.2) is 48.5 Å². The van der Waals surface area contributed by atoms with Crippen LogP contribution in [0.5, 0.6) is 0 Å². The fourth-order valence-corrected chi connectivity index (χ4v) is 2.85. The molecule has 0 radical (unpaired) electrons. The first-order valence-electron chi connectivity index (χ1n) is 8.35. The predicted molar refractivity (Wildman–Crippen MR) is 111 cm³/mol. The summed E-state index contributed by atoms with van der Waals surface area (Å²) in [5, 5.41) is 2.72. The monoisotopic (exact) mass is 415 g/mol. The van der Waals surface area contributed by atoms with Crippen LogP contribution in [-0.2, 0) is 16.0 Å². The third-order valence-electron chi connectivity index (χ3n) is 4.16. The number of morpholine rings is 1. The number of halogens is 3. The van der Waals surface area contributed by atoms with Gasteiger partial charge in [-0.2, -0.15) is 0 Å². The summed E-state index contributed by atoms with van der Waals surface area (Å²) in [5.41, 5.74) is 8.11. The maximum Gasteiger partial charge on any atom is 0.241 e. The van der Waals surface area contributed by atoms with Crippen molar-refractivity contribution < 1.29 is 13.9 Å². The Kier molecular flexibility index (Phi) is 9.52. The average molecular weight is 416 g/mol. The Labute approximate surface area is 170 Å². The number of carbonyl (C=O) groups is 1.